The number of benzene rings is 2. The number of halogens is 1. The lowest BCUT2D eigenvalue weighted by Crippen LogP contribution is -2.54. The number of amides is 2. The van der Waals surface area contributed by atoms with Gasteiger partial charge in [-0.2, -0.15) is 12.7 Å². The Bertz CT molecular complexity index is 1150. The summed E-state index contributed by atoms with van der Waals surface area (Å²) in [6, 6.07) is 10.9. The van der Waals surface area contributed by atoms with Crippen LogP contribution in [0.4, 0.5) is 10.1 Å². The topological polar surface area (TPSA) is 99.3 Å². The molecule has 11 heteroatoms. The molecule has 2 rings (SSSR count). The van der Waals surface area contributed by atoms with Crippen molar-refractivity contribution in [2.75, 3.05) is 32.1 Å². The Hall–Kier alpha value is -3.18. The molecule has 2 aromatic rings. The molecule has 9 nitrogen and oxygen atoms in total. The van der Waals surface area contributed by atoms with E-state index in [2.05, 4.69) is 5.32 Å². The monoisotopic (exact) mass is 522 g/mol. The summed E-state index contributed by atoms with van der Waals surface area (Å²) in [5.41, 5.74) is 0.312. The fraction of sp³-hybridized carbons (Fsp3) is 0.440. The maximum atomic E-state index is 13.6. The molecule has 2 aromatic carbocycles. The Balaban J connectivity index is 2.45. The normalized spacial score (nSPS) is 12.7. The quantitative estimate of drug-likeness (QED) is 0.517. The number of nitrogens with one attached hydrogen (secondary N) is 1. The minimum absolute atomic E-state index is 0.0564. The van der Waals surface area contributed by atoms with Crippen molar-refractivity contribution in [3.05, 3.63) is 59.9 Å². The van der Waals surface area contributed by atoms with Crippen LogP contribution in [0, 0.1) is 5.82 Å². The first-order valence-corrected chi connectivity index (χ1v) is 12.8. The van der Waals surface area contributed by atoms with E-state index in [9.17, 15) is 22.4 Å². The molecule has 2 amide bonds. The van der Waals surface area contributed by atoms with Gasteiger partial charge in [0.25, 0.3) is 0 Å². The Morgan fingerprint density at radius 1 is 1.03 bits per heavy atom. The summed E-state index contributed by atoms with van der Waals surface area (Å²) in [4.78, 5) is 27.9. The van der Waals surface area contributed by atoms with E-state index in [1.807, 2.05) is 20.8 Å². The predicted octanol–water partition coefficient (Wildman–Crippen LogP) is 2.78. The second kappa shape index (κ2) is 11.7. The maximum Gasteiger partial charge on any atom is 0.304 e. The number of nitrogens with zero attached hydrogens (tertiary/aromatic N) is 3. The van der Waals surface area contributed by atoms with Gasteiger partial charge in [-0.15, -0.1) is 0 Å². The van der Waals surface area contributed by atoms with Crippen molar-refractivity contribution in [1.82, 2.24) is 14.5 Å². The highest BCUT2D eigenvalue weighted by molar-refractivity contribution is 7.90. The van der Waals surface area contributed by atoms with Crippen molar-refractivity contribution in [1.29, 1.82) is 0 Å². The number of hydrogen-bond acceptors (Lipinski definition) is 5. The van der Waals surface area contributed by atoms with E-state index in [0.29, 0.717) is 5.75 Å². The van der Waals surface area contributed by atoms with E-state index in [-0.39, 0.29) is 18.1 Å². The van der Waals surface area contributed by atoms with Crippen LogP contribution in [-0.4, -0.2) is 68.8 Å². The van der Waals surface area contributed by atoms with Crippen molar-refractivity contribution in [2.45, 2.75) is 45.8 Å². The van der Waals surface area contributed by atoms with Crippen LogP contribution in [0.25, 0.3) is 0 Å². The van der Waals surface area contributed by atoms with Gasteiger partial charge in [0, 0.05) is 26.2 Å². The lowest BCUT2D eigenvalue weighted by Gasteiger charge is -2.34. The van der Waals surface area contributed by atoms with Gasteiger partial charge in [0.05, 0.1) is 12.8 Å². The molecule has 0 aliphatic carbocycles. The molecule has 0 saturated carbocycles. The molecule has 0 fully saturated rings. The Labute approximate surface area is 213 Å². The second-order valence-electron chi connectivity index (χ2n) is 9.56. The molecule has 0 heterocycles. The molecule has 36 heavy (non-hydrogen) atoms. The highest BCUT2D eigenvalue weighted by Gasteiger charge is 2.33. The third-order valence-electron chi connectivity index (χ3n) is 5.31. The van der Waals surface area contributed by atoms with E-state index in [1.54, 1.807) is 38.3 Å². The van der Waals surface area contributed by atoms with Crippen molar-refractivity contribution in [3.8, 4) is 5.75 Å². The average molecular weight is 523 g/mol. The van der Waals surface area contributed by atoms with Crippen LogP contribution in [0.2, 0.25) is 0 Å². The smallest absolute Gasteiger partial charge is 0.304 e. The minimum Gasteiger partial charge on any atom is -0.497 e. The fourth-order valence-corrected chi connectivity index (χ4v) is 4.36. The minimum atomic E-state index is -4.11. The van der Waals surface area contributed by atoms with Gasteiger partial charge in [-0.25, -0.2) is 8.70 Å². The van der Waals surface area contributed by atoms with Gasteiger partial charge in [-0.3, -0.25) is 9.59 Å². The van der Waals surface area contributed by atoms with E-state index in [0.717, 1.165) is 26.3 Å². The molecular formula is C25H35FN4O5S. The van der Waals surface area contributed by atoms with Gasteiger partial charge >= 0.3 is 10.2 Å². The Kier molecular flexibility index (Phi) is 9.44. The highest BCUT2D eigenvalue weighted by Crippen LogP contribution is 2.22. The summed E-state index contributed by atoms with van der Waals surface area (Å²) in [6.45, 7) is 6.54. The van der Waals surface area contributed by atoms with E-state index in [1.165, 1.54) is 31.1 Å². The molecule has 1 N–H and O–H groups in total. The number of rotatable bonds is 10. The summed E-state index contributed by atoms with van der Waals surface area (Å²) >= 11 is 0. The fourth-order valence-electron chi connectivity index (χ4n) is 3.31. The molecule has 0 bridgehead atoms. The third-order valence-corrected chi connectivity index (χ3v) is 7.13. The molecule has 0 aliphatic rings. The molecule has 0 aromatic heterocycles. The van der Waals surface area contributed by atoms with E-state index in [4.69, 9.17) is 4.74 Å². The average Bonchev–Trinajstić information content (AvgIpc) is 2.80. The lowest BCUT2D eigenvalue weighted by atomic mass is 10.1. The first-order chi connectivity index (χ1) is 16.7. The molecule has 0 radical (unpaired) electrons. The van der Waals surface area contributed by atoms with Crippen LogP contribution in [0.1, 0.15) is 33.3 Å². The van der Waals surface area contributed by atoms with Gasteiger partial charge in [-0.1, -0.05) is 12.1 Å². The molecule has 1 atom stereocenters. The summed E-state index contributed by atoms with van der Waals surface area (Å²) in [6.07, 6.45) is 0. The summed E-state index contributed by atoms with van der Waals surface area (Å²) in [5, 5.41) is 2.86. The number of carbonyl (C=O) groups is 2. The summed E-state index contributed by atoms with van der Waals surface area (Å²) < 4.78 is 46.7. The first-order valence-electron chi connectivity index (χ1n) is 11.4. The molecule has 0 unspecified atom stereocenters. The SMILES string of the molecule is COc1ccc(CN(C(=O)CN(c2ccc(F)cc2)S(=O)(=O)N(C)C)[C@@H](C)C(=O)NC(C)(C)C)cc1. The third kappa shape index (κ3) is 7.66. The molecule has 198 valence electrons. The largest absolute Gasteiger partial charge is 0.497 e. The Morgan fingerprint density at radius 2 is 1.58 bits per heavy atom. The van der Waals surface area contributed by atoms with Crippen molar-refractivity contribution in [2.24, 2.45) is 0 Å². The number of ether oxygens (including phenoxy) is 1. The van der Waals surface area contributed by atoms with Crippen LogP contribution >= 0.6 is 0 Å². The Morgan fingerprint density at radius 3 is 2.06 bits per heavy atom. The van der Waals surface area contributed by atoms with Crippen LogP contribution in [0.3, 0.4) is 0 Å². The van der Waals surface area contributed by atoms with Crippen LogP contribution in [0.5, 0.6) is 5.75 Å². The van der Waals surface area contributed by atoms with Crippen LogP contribution in [-0.2, 0) is 26.3 Å². The molecular weight excluding hydrogens is 487 g/mol. The summed E-state index contributed by atoms with van der Waals surface area (Å²) in [5.74, 6) is -0.888. The van der Waals surface area contributed by atoms with Crippen LogP contribution < -0.4 is 14.4 Å². The van der Waals surface area contributed by atoms with Gasteiger partial charge in [-0.05, 0) is 69.7 Å². The van der Waals surface area contributed by atoms with Crippen molar-refractivity contribution >= 4 is 27.7 Å². The summed E-state index contributed by atoms with van der Waals surface area (Å²) in [7, 11) is 0.106. The maximum absolute atomic E-state index is 13.6. The zero-order valence-electron chi connectivity index (χ0n) is 21.8. The van der Waals surface area contributed by atoms with E-state index < -0.39 is 40.1 Å². The predicted molar refractivity (Wildman–Crippen MR) is 137 cm³/mol. The zero-order chi connectivity index (χ0) is 27.3. The van der Waals surface area contributed by atoms with Gasteiger partial charge in [0.15, 0.2) is 0 Å². The number of methoxy groups -OCH3 is 1. The second-order valence-corrected chi connectivity index (χ2v) is 11.6. The van der Waals surface area contributed by atoms with Crippen molar-refractivity contribution in [3.63, 3.8) is 0 Å². The first kappa shape index (κ1) is 29.1. The van der Waals surface area contributed by atoms with Gasteiger partial charge in [0.2, 0.25) is 11.8 Å². The highest BCUT2D eigenvalue weighted by atomic mass is 32.2. The number of carbonyl (C=O) groups excluding carboxylic acids is 2. The zero-order valence-corrected chi connectivity index (χ0v) is 22.6. The molecule has 0 saturated heterocycles. The van der Waals surface area contributed by atoms with Gasteiger partial charge < -0.3 is 15.0 Å². The van der Waals surface area contributed by atoms with E-state index >= 15 is 0 Å². The number of anilines is 1. The van der Waals surface area contributed by atoms with Crippen LogP contribution in [0.15, 0.2) is 48.5 Å². The standard InChI is InChI=1S/C25H35FN4O5S/c1-18(24(32)27-25(2,3)4)29(16-19-8-14-22(35-7)15-9-19)23(31)17-30(36(33,34)28(5)6)21-12-10-20(26)11-13-21/h8-15,18H,16-17H2,1-7H3,(H,27,32)/t18-/m0/s1. The number of hydrogen-bond donors (Lipinski definition) is 1. The molecule has 0 aliphatic heterocycles. The lowest BCUT2D eigenvalue weighted by molar-refractivity contribution is -0.140. The van der Waals surface area contributed by atoms with Gasteiger partial charge in [0.1, 0.15) is 24.2 Å². The van der Waals surface area contributed by atoms with Crippen molar-refractivity contribution < 1.29 is 27.1 Å². The molecule has 0 spiro atoms.